The average Bonchev–Trinajstić information content (AvgIpc) is 3.76. The van der Waals surface area contributed by atoms with Crippen molar-refractivity contribution < 1.29 is 4.42 Å². The topological polar surface area (TPSA) is 23.0 Å². The van der Waals surface area contributed by atoms with Crippen molar-refractivity contribution in [1.29, 1.82) is 0 Å². The summed E-state index contributed by atoms with van der Waals surface area (Å²) in [7, 11) is 0. The van der Waals surface area contributed by atoms with Crippen LogP contribution in [-0.2, 0) is 0 Å². The van der Waals surface area contributed by atoms with Gasteiger partial charge in [0.2, 0.25) is 0 Å². The van der Waals surface area contributed by atoms with Crippen LogP contribution in [0.4, 0.5) is 0 Å². The Kier molecular flexibility index (Phi) is 5.00. The first kappa shape index (κ1) is 24.4. The molecule has 0 unspecified atom stereocenters. The second-order valence-electron chi connectivity index (χ2n) is 11.8. The third kappa shape index (κ3) is 3.46. The summed E-state index contributed by atoms with van der Waals surface area (Å²) in [4.78, 5) is 0. The molecule has 0 bridgehead atoms. The van der Waals surface area contributed by atoms with Crippen LogP contribution < -0.4 is 0 Å². The maximum Gasteiger partial charge on any atom is 0.160 e. The summed E-state index contributed by atoms with van der Waals surface area (Å²) >= 11 is 0. The number of aromatic nitrogens is 2. The molecule has 0 spiro atoms. The number of rotatable bonds is 3. The molecule has 0 aliphatic heterocycles. The van der Waals surface area contributed by atoms with Gasteiger partial charge in [-0.3, -0.25) is 0 Å². The molecule has 0 saturated carbocycles. The van der Waals surface area contributed by atoms with E-state index in [1.807, 2.05) is 6.07 Å². The standard InChI is InChI=1S/C42H26N2O/c1-3-11-29(12-4-1)43-37-17-9-7-15-31(37)35-25-27(19-23-38(35)43)28-20-24-39-36(26-28)33-21-22-34-32-16-8-10-18-40(32)45-42(34)41(33)44(39)30-13-5-2-6-14-30/h1-26H. The quantitative estimate of drug-likeness (QED) is 0.206. The second kappa shape index (κ2) is 9.22. The first-order chi connectivity index (χ1) is 22.3. The Morgan fingerprint density at radius 2 is 0.889 bits per heavy atom. The summed E-state index contributed by atoms with van der Waals surface area (Å²) in [6, 6.07) is 56.5. The van der Waals surface area contributed by atoms with Crippen LogP contribution >= 0.6 is 0 Å². The molecule has 45 heavy (non-hydrogen) atoms. The van der Waals surface area contributed by atoms with Crippen LogP contribution in [0.25, 0.3) is 88.1 Å². The van der Waals surface area contributed by atoms with Gasteiger partial charge in [-0.1, -0.05) is 91.0 Å². The molecule has 0 radical (unpaired) electrons. The van der Waals surface area contributed by atoms with Crippen molar-refractivity contribution in [2.24, 2.45) is 0 Å². The molecule has 10 aromatic rings. The maximum absolute atomic E-state index is 6.58. The smallest absolute Gasteiger partial charge is 0.160 e. The fourth-order valence-electron chi connectivity index (χ4n) is 7.31. The van der Waals surface area contributed by atoms with Crippen molar-refractivity contribution in [3.63, 3.8) is 0 Å². The summed E-state index contributed by atoms with van der Waals surface area (Å²) < 4.78 is 11.3. The van der Waals surface area contributed by atoms with Gasteiger partial charge in [-0.2, -0.15) is 0 Å². The SMILES string of the molecule is c1ccc(-n2c3ccccc3c3cc(-c4ccc5c(c4)c4ccc6c7ccccc7oc6c4n5-c4ccccc4)ccc32)cc1. The minimum Gasteiger partial charge on any atom is -0.454 e. The van der Waals surface area contributed by atoms with Gasteiger partial charge in [-0.15, -0.1) is 0 Å². The first-order valence-electron chi connectivity index (χ1n) is 15.4. The lowest BCUT2D eigenvalue weighted by Crippen LogP contribution is -1.93. The van der Waals surface area contributed by atoms with Gasteiger partial charge in [0.25, 0.3) is 0 Å². The average molecular weight is 575 g/mol. The van der Waals surface area contributed by atoms with Crippen LogP contribution in [0.1, 0.15) is 0 Å². The summed E-state index contributed by atoms with van der Waals surface area (Å²) in [6.07, 6.45) is 0. The molecule has 3 heteroatoms. The number of fused-ring (bicyclic) bond motifs is 10. The van der Waals surface area contributed by atoms with Gasteiger partial charge >= 0.3 is 0 Å². The molecule has 0 N–H and O–H groups in total. The summed E-state index contributed by atoms with van der Waals surface area (Å²) in [6.45, 7) is 0. The maximum atomic E-state index is 6.58. The largest absolute Gasteiger partial charge is 0.454 e. The van der Waals surface area contributed by atoms with Crippen molar-refractivity contribution in [3.8, 4) is 22.5 Å². The van der Waals surface area contributed by atoms with Crippen molar-refractivity contribution in [2.75, 3.05) is 0 Å². The lowest BCUT2D eigenvalue weighted by Gasteiger charge is -2.09. The fraction of sp³-hybridized carbons (Fsp3) is 0. The molecular weight excluding hydrogens is 548 g/mol. The van der Waals surface area contributed by atoms with E-state index in [-0.39, 0.29) is 0 Å². The van der Waals surface area contributed by atoms with Gasteiger partial charge in [0.05, 0.1) is 22.1 Å². The van der Waals surface area contributed by atoms with Gasteiger partial charge in [0, 0.05) is 43.7 Å². The van der Waals surface area contributed by atoms with Crippen LogP contribution in [0.5, 0.6) is 0 Å². The van der Waals surface area contributed by atoms with E-state index < -0.39 is 0 Å². The van der Waals surface area contributed by atoms with E-state index in [1.54, 1.807) is 0 Å². The van der Waals surface area contributed by atoms with Crippen LogP contribution in [0.15, 0.2) is 162 Å². The highest BCUT2D eigenvalue weighted by Crippen LogP contribution is 2.42. The number of para-hydroxylation sites is 4. The summed E-state index contributed by atoms with van der Waals surface area (Å²) in [5.41, 5.74) is 11.2. The van der Waals surface area contributed by atoms with E-state index in [0.717, 1.165) is 38.7 Å². The molecule has 210 valence electrons. The van der Waals surface area contributed by atoms with Crippen LogP contribution in [0.3, 0.4) is 0 Å². The van der Waals surface area contributed by atoms with Gasteiger partial charge in [-0.05, 0) is 77.9 Å². The van der Waals surface area contributed by atoms with Crippen molar-refractivity contribution >= 4 is 65.6 Å². The number of benzene rings is 7. The monoisotopic (exact) mass is 574 g/mol. The highest BCUT2D eigenvalue weighted by molar-refractivity contribution is 6.22. The zero-order valence-corrected chi connectivity index (χ0v) is 24.3. The highest BCUT2D eigenvalue weighted by atomic mass is 16.3. The number of hydrogen-bond donors (Lipinski definition) is 0. The molecule has 0 saturated heterocycles. The molecule has 7 aromatic carbocycles. The third-order valence-electron chi connectivity index (χ3n) is 9.31. The highest BCUT2D eigenvalue weighted by Gasteiger charge is 2.20. The molecule has 0 atom stereocenters. The van der Waals surface area contributed by atoms with Gasteiger partial charge in [0.1, 0.15) is 5.58 Å². The Morgan fingerprint density at radius 1 is 0.356 bits per heavy atom. The molecule has 10 rings (SSSR count). The molecule has 0 amide bonds. The van der Waals surface area contributed by atoms with E-state index in [2.05, 4.69) is 161 Å². The molecule has 3 aromatic heterocycles. The fourth-order valence-corrected chi connectivity index (χ4v) is 7.31. The molecule has 0 aliphatic rings. The van der Waals surface area contributed by atoms with E-state index in [1.165, 1.54) is 49.4 Å². The summed E-state index contributed by atoms with van der Waals surface area (Å²) in [5.74, 6) is 0. The normalized spacial score (nSPS) is 12.0. The molecule has 0 fully saturated rings. The molecule has 0 aliphatic carbocycles. The number of hydrogen-bond acceptors (Lipinski definition) is 1. The van der Waals surface area contributed by atoms with Gasteiger partial charge in [0.15, 0.2) is 5.58 Å². The van der Waals surface area contributed by atoms with Crippen molar-refractivity contribution in [2.45, 2.75) is 0 Å². The predicted octanol–water partition coefficient (Wildman–Crippen LogP) is 11.4. The van der Waals surface area contributed by atoms with Gasteiger partial charge in [-0.25, -0.2) is 0 Å². The van der Waals surface area contributed by atoms with Crippen LogP contribution in [-0.4, -0.2) is 9.13 Å². The summed E-state index contributed by atoms with van der Waals surface area (Å²) in [5, 5.41) is 7.18. The Balaban J connectivity index is 1.24. The van der Waals surface area contributed by atoms with Crippen molar-refractivity contribution in [3.05, 3.63) is 158 Å². The Morgan fingerprint density at radius 3 is 1.62 bits per heavy atom. The van der Waals surface area contributed by atoms with E-state index in [4.69, 9.17) is 4.42 Å². The van der Waals surface area contributed by atoms with Crippen molar-refractivity contribution in [1.82, 2.24) is 9.13 Å². The lowest BCUT2D eigenvalue weighted by atomic mass is 10.0. The Bertz CT molecular complexity index is 2740. The van der Waals surface area contributed by atoms with E-state index in [0.29, 0.717) is 0 Å². The minimum absolute atomic E-state index is 0.911. The first-order valence-corrected chi connectivity index (χ1v) is 15.4. The predicted molar refractivity (Wildman–Crippen MR) is 188 cm³/mol. The van der Waals surface area contributed by atoms with E-state index >= 15 is 0 Å². The lowest BCUT2D eigenvalue weighted by molar-refractivity contribution is 0.671. The number of furan rings is 1. The zero-order chi connectivity index (χ0) is 29.5. The third-order valence-corrected chi connectivity index (χ3v) is 9.31. The zero-order valence-electron chi connectivity index (χ0n) is 24.3. The van der Waals surface area contributed by atoms with E-state index in [9.17, 15) is 0 Å². The second-order valence-corrected chi connectivity index (χ2v) is 11.8. The minimum atomic E-state index is 0.911. The number of nitrogens with zero attached hydrogens (tertiary/aromatic N) is 2. The van der Waals surface area contributed by atoms with Gasteiger partial charge < -0.3 is 13.6 Å². The molecule has 3 nitrogen and oxygen atoms in total. The van der Waals surface area contributed by atoms with Crippen LogP contribution in [0, 0.1) is 0 Å². The molecule has 3 heterocycles. The Labute approximate surface area is 258 Å². The van der Waals surface area contributed by atoms with Crippen LogP contribution in [0.2, 0.25) is 0 Å². The Hall–Kier alpha value is -6.06. The molecular formula is C42H26N2O.